The van der Waals surface area contributed by atoms with Gasteiger partial charge < -0.3 is 9.47 Å². The molecule has 1 aliphatic rings. The third-order valence-electron chi connectivity index (χ3n) is 3.69. The van der Waals surface area contributed by atoms with Crippen molar-refractivity contribution in [1.29, 1.82) is 0 Å². The van der Waals surface area contributed by atoms with Crippen LogP contribution in [-0.4, -0.2) is 25.9 Å². The first kappa shape index (κ1) is 16.2. The van der Waals surface area contributed by atoms with Crippen molar-refractivity contribution in [2.24, 2.45) is 0 Å². The standard InChI is InChI=1S/C17H16BrNO3S/c1-21-11-7-8-14(15(9-11)22-2)19-16(20)10-23-17(19)12-5-3-4-6-13(12)18/h3-9,17H,10H2,1-2H3/t17-/m1/s1. The molecule has 1 atom stereocenters. The molecule has 0 aromatic heterocycles. The normalized spacial score (nSPS) is 17.4. The molecule has 0 unspecified atom stereocenters. The summed E-state index contributed by atoms with van der Waals surface area (Å²) >= 11 is 5.19. The van der Waals surface area contributed by atoms with Gasteiger partial charge in [-0.3, -0.25) is 9.69 Å². The molecule has 4 nitrogen and oxygen atoms in total. The Morgan fingerprint density at radius 1 is 1.17 bits per heavy atom. The number of halogens is 1. The number of carbonyl (C=O) groups excluding carboxylic acids is 1. The van der Waals surface area contributed by atoms with Crippen LogP contribution in [0.2, 0.25) is 0 Å². The highest BCUT2D eigenvalue weighted by molar-refractivity contribution is 9.10. The number of nitrogens with zero attached hydrogens (tertiary/aromatic N) is 1. The van der Waals surface area contributed by atoms with Crippen molar-refractivity contribution in [3.63, 3.8) is 0 Å². The van der Waals surface area contributed by atoms with Crippen molar-refractivity contribution in [3.8, 4) is 11.5 Å². The van der Waals surface area contributed by atoms with Crippen molar-refractivity contribution in [2.75, 3.05) is 24.9 Å². The number of amides is 1. The molecule has 1 aliphatic heterocycles. The van der Waals surface area contributed by atoms with E-state index in [4.69, 9.17) is 9.47 Å². The molecule has 2 aromatic carbocycles. The van der Waals surface area contributed by atoms with Gasteiger partial charge in [-0.15, -0.1) is 11.8 Å². The zero-order valence-corrected chi connectivity index (χ0v) is 15.2. The van der Waals surface area contributed by atoms with Gasteiger partial charge >= 0.3 is 0 Å². The summed E-state index contributed by atoms with van der Waals surface area (Å²) in [4.78, 5) is 14.3. The van der Waals surface area contributed by atoms with Gasteiger partial charge in [-0.1, -0.05) is 34.1 Å². The second-order valence-electron chi connectivity index (χ2n) is 4.99. The van der Waals surface area contributed by atoms with Gasteiger partial charge in [-0.2, -0.15) is 0 Å². The highest BCUT2D eigenvalue weighted by Crippen LogP contribution is 2.47. The second-order valence-corrected chi connectivity index (χ2v) is 6.91. The van der Waals surface area contributed by atoms with Crippen molar-refractivity contribution in [1.82, 2.24) is 0 Å². The Bertz CT molecular complexity index is 738. The lowest BCUT2D eigenvalue weighted by Gasteiger charge is -2.26. The Balaban J connectivity index is 2.06. The van der Waals surface area contributed by atoms with Gasteiger partial charge in [-0.05, 0) is 23.8 Å². The van der Waals surface area contributed by atoms with Gasteiger partial charge in [-0.25, -0.2) is 0 Å². The minimum Gasteiger partial charge on any atom is -0.497 e. The van der Waals surface area contributed by atoms with E-state index < -0.39 is 0 Å². The molecular formula is C17H16BrNO3S. The zero-order valence-electron chi connectivity index (χ0n) is 12.8. The monoisotopic (exact) mass is 393 g/mol. The van der Waals surface area contributed by atoms with Gasteiger partial charge in [0.25, 0.3) is 0 Å². The van der Waals surface area contributed by atoms with E-state index in [-0.39, 0.29) is 11.3 Å². The fraction of sp³-hybridized carbons (Fsp3) is 0.235. The van der Waals surface area contributed by atoms with Crippen LogP contribution in [0.1, 0.15) is 10.9 Å². The van der Waals surface area contributed by atoms with E-state index in [1.165, 1.54) is 0 Å². The molecule has 0 saturated carbocycles. The number of rotatable bonds is 4. The van der Waals surface area contributed by atoms with E-state index in [2.05, 4.69) is 15.9 Å². The highest BCUT2D eigenvalue weighted by atomic mass is 79.9. The first-order valence-electron chi connectivity index (χ1n) is 7.06. The van der Waals surface area contributed by atoms with Crippen molar-refractivity contribution in [2.45, 2.75) is 5.37 Å². The fourth-order valence-electron chi connectivity index (χ4n) is 2.57. The van der Waals surface area contributed by atoms with E-state index in [0.717, 1.165) is 15.7 Å². The molecule has 1 heterocycles. The van der Waals surface area contributed by atoms with Crippen LogP contribution in [0, 0.1) is 0 Å². The minimum absolute atomic E-state index is 0.0687. The average Bonchev–Trinajstić information content (AvgIpc) is 2.96. The molecule has 0 N–H and O–H groups in total. The number of ether oxygens (including phenoxy) is 2. The lowest BCUT2D eigenvalue weighted by Crippen LogP contribution is -2.28. The number of thioether (sulfide) groups is 1. The predicted molar refractivity (Wildman–Crippen MR) is 96.4 cm³/mol. The predicted octanol–water partition coefficient (Wildman–Crippen LogP) is 4.24. The van der Waals surface area contributed by atoms with Gasteiger partial charge in [0.1, 0.15) is 16.9 Å². The van der Waals surface area contributed by atoms with Gasteiger partial charge in [0.05, 0.1) is 25.7 Å². The summed E-state index contributed by atoms with van der Waals surface area (Å²) in [7, 11) is 3.20. The zero-order chi connectivity index (χ0) is 16.4. The van der Waals surface area contributed by atoms with E-state index in [1.807, 2.05) is 36.4 Å². The van der Waals surface area contributed by atoms with Gasteiger partial charge in [0.15, 0.2) is 0 Å². The molecule has 0 spiro atoms. The van der Waals surface area contributed by atoms with Crippen LogP contribution in [0.3, 0.4) is 0 Å². The molecular weight excluding hydrogens is 378 g/mol. The van der Waals surface area contributed by atoms with Crippen LogP contribution in [0.5, 0.6) is 11.5 Å². The number of benzene rings is 2. The lowest BCUT2D eigenvalue weighted by atomic mass is 10.1. The SMILES string of the molecule is COc1ccc(N2C(=O)CS[C@@H]2c2ccccc2Br)c(OC)c1. The Hall–Kier alpha value is -1.66. The van der Waals surface area contributed by atoms with Crippen LogP contribution < -0.4 is 14.4 Å². The fourth-order valence-corrected chi connectivity index (χ4v) is 4.43. The average molecular weight is 394 g/mol. The number of anilines is 1. The molecule has 1 amide bonds. The third-order valence-corrected chi connectivity index (χ3v) is 5.60. The summed E-state index contributed by atoms with van der Waals surface area (Å²) in [6, 6.07) is 13.5. The first-order valence-corrected chi connectivity index (χ1v) is 8.90. The van der Waals surface area contributed by atoms with Gasteiger partial charge in [0, 0.05) is 10.5 Å². The summed E-state index contributed by atoms with van der Waals surface area (Å²) < 4.78 is 11.7. The molecule has 0 aliphatic carbocycles. The maximum absolute atomic E-state index is 12.5. The van der Waals surface area contributed by atoms with Gasteiger partial charge in [0.2, 0.25) is 5.91 Å². The topological polar surface area (TPSA) is 38.8 Å². The Labute approximate surface area is 147 Å². The van der Waals surface area contributed by atoms with Crippen molar-refractivity contribution in [3.05, 3.63) is 52.5 Å². The maximum atomic E-state index is 12.5. The molecule has 3 rings (SSSR count). The van der Waals surface area contributed by atoms with Crippen molar-refractivity contribution >= 4 is 39.3 Å². The summed E-state index contributed by atoms with van der Waals surface area (Å²) in [5, 5.41) is -0.0830. The number of hydrogen-bond donors (Lipinski definition) is 0. The van der Waals surface area contributed by atoms with E-state index in [0.29, 0.717) is 17.3 Å². The first-order chi connectivity index (χ1) is 11.2. The Morgan fingerprint density at radius 2 is 1.96 bits per heavy atom. The molecule has 0 radical (unpaired) electrons. The Morgan fingerprint density at radius 3 is 2.65 bits per heavy atom. The quantitative estimate of drug-likeness (QED) is 0.778. The number of methoxy groups -OCH3 is 2. The van der Waals surface area contributed by atoms with Crippen LogP contribution >= 0.6 is 27.7 Å². The summed E-state index contributed by atoms with van der Waals surface area (Å²) in [5.74, 6) is 1.83. The number of carbonyl (C=O) groups is 1. The Kier molecular flexibility index (Phi) is 4.82. The summed E-state index contributed by atoms with van der Waals surface area (Å²) in [6.45, 7) is 0. The van der Waals surface area contributed by atoms with Crippen LogP contribution in [0.15, 0.2) is 46.9 Å². The molecule has 1 saturated heterocycles. The molecule has 23 heavy (non-hydrogen) atoms. The van der Waals surface area contributed by atoms with E-state index >= 15 is 0 Å². The van der Waals surface area contributed by atoms with E-state index in [1.54, 1.807) is 36.9 Å². The third kappa shape index (κ3) is 3.05. The molecule has 6 heteroatoms. The summed E-state index contributed by atoms with van der Waals surface area (Å²) in [5.41, 5.74) is 1.82. The maximum Gasteiger partial charge on any atom is 0.238 e. The lowest BCUT2D eigenvalue weighted by molar-refractivity contribution is -0.115. The smallest absolute Gasteiger partial charge is 0.238 e. The molecule has 120 valence electrons. The minimum atomic E-state index is -0.0830. The van der Waals surface area contributed by atoms with Crippen molar-refractivity contribution < 1.29 is 14.3 Å². The highest BCUT2D eigenvalue weighted by Gasteiger charge is 2.36. The van der Waals surface area contributed by atoms with Crippen LogP contribution in [0.25, 0.3) is 0 Å². The van der Waals surface area contributed by atoms with Crippen LogP contribution in [0.4, 0.5) is 5.69 Å². The van der Waals surface area contributed by atoms with Crippen LogP contribution in [-0.2, 0) is 4.79 Å². The second kappa shape index (κ2) is 6.84. The largest absolute Gasteiger partial charge is 0.497 e. The molecule has 2 aromatic rings. The molecule has 1 fully saturated rings. The van der Waals surface area contributed by atoms with E-state index in [9.17, 15) is 4.79 Å². The molecule has 0 bridgehead atoms. The summed E-state index contributed by atoms with van der Waals surface area (Å²) in [6.07, 6.45) is 0. The number of hydrogen-bond acceptors (Lipinski definition) is 4.